The maximum Gasteiger partial charge on any atom is 0.336 e. The number of nitrogens with one attached hydrogen (secondary N) is 2. The number of benzene rings is 1. The topological polar surface area (TPSA) is 91.3 Å². The number of hydrogen-bond acceptors (Lipinski definition) is 4. The Bertz CT molecular complexity index is 672. The van der Waals surface area contributed by atoms with E-state index in [1.807, 2.05) is 12.3 Å². The number of rotatable bonds is 3. The summed E-state index contributed by atoms with van der Waals surface area (Å²) in [5.74, 6) is -1.07. The fraction of sp³-hybridized carbons (Fsp3) is 0.0833. The zero-order valence-electron chi connectivity index (χ0n) is 10.3. The van der Waals surface area contributed by atoms with Crippen LogP contribution in [0, 0.1) is 6.92 Å². The average Bonchev–Trinajstić information content (AvgIpc) is 2.76. The largest absolute Gasteiger partial charge is 0.478 e. The SMILES string of the molecule is Cc1csc(NC(=O)Nc2ccc(Br)c(C(=O)O)c2)n1. The number of carbonyl (C=O) groups is 2. The van der Waals surface area contributed by atoms with Gasteiger partial charge in [0.15, 0.2) is 5.13 Å². The van der Waals surface area contributed by atoms with Crippen molar-refractivity contribution in [2.45, 2.75) is 6.92 Å². The van der Waals surface area contributed by atoms with Crippen molar-refractivity contribution in [1.82, 2.24) is 4.98 Å². The summed E-state index contributed by atoms with van der Waals surface area (Å²) in [5.41, 5.74) is 1.28. The number of aromatic carboxylic acids is 1. The Morgan fingerprint density at radius 3 is 2.70 bits per heavy atom. The van der Waals surface area contributed by atoms with Crippen molar-refractivity contribution in [3.8, 4) is 0 Å². The number of amides is 2. The monoisotopic (exact) mass is 355 g/mol. The zero-order chi connectivity index (χ0) is 14.7. The second-order valence-corrected chi connectivity index (χ2v) is 5.59. The smallest absolute Gasteiger partial charge is 0.336 e. The zero-order valence-corrected chi connectivity index (χ0v) is 12.7. The minimum Gasteiger partial charge on any atom is -0.478 e. The molecule has 0 unspecified atom stereocenters. The predicted octanol–water partition coefficient (Wildman–Crippen LogP) is 3.56. The fourth-order valence-corrected chi connectivity index (χ4v) is 2.54. The summed E-state index contributed by atoms with van der Waals surface area (Å²) in [6.07, 6.45) is 0. The number of aromatic nitrogens is 1. The molecule has 0 saturated carbocycles. The number of aryl methyl sites for hydroxylation is 1. The lowest BCUT2D eigenvalue weighted by Crippen LogP contribution is -2.19. The molecule has 0 bridgehead atoms. The third-order valence-corrected chi connectivity index (χ3v) is 3.86. The van der Waals surface area contributed by atoms with E-state index in [9.17, 15) is 9.59 Å². The molecule has 1 aromatic carbocycles. The van der Waals surface area contributed by atoms with Crippen LogP contribution in [0.2, 0.25) is 0 Å². The van der Waals surface area contributed by atoms with E-state index in [0.29, 0.717) is 15.3 Å². The van der Waals surface area contributed by atoms with Crippen LogP contribution in [0.25, 0.3) is 0 Å². The van der Waals surface area contributed by atoms with E-state index < -0.39 is 12.0 Å². The summed E-state index contributed by atoms with van der Waals surface area (Å²) in [7, 11) is 0. The van der Waals surface area contributed by atoms with Crippen LogP contribution in [0.4, 0.5) is 15.6 Å². The molecular formula is C12H10BrN3O3S. The normalized spacial score (nSPS) is 10.1. The van der Waals surface area contributed by atoms with Crippen LogP contribution in [0.1, 0.15) is 16.1 Å². The molecule has 0 aliphatic heterocycles. The Kier molecular flexibility index (Phi) is 4.35. The average molecular weight is 356 g/mol. The van der Waals surface area contributed by atoms with E-state index in [0.717, 1.165) is 5.69 Å². The van der Waals surface area contributed by atoms with Crippen LogP contribution in [0.3, 0.4) is 0 Å². The number of carboxylic acid groups (broad SMARTS) is 1. The summed E-state index contributed by atoms with van der Waals surface area (Å²) in [6.45, 7) is 1.83. The standard InChI is InChI=1S/C12H10BrN3O3S/c1-6-5-20-12(14-6)16-11(19)15-7-2-3-9(13)8(4-7)10(17)18/h2-5H,1H3,(H,17,18)(H2,14,15,16,19). The summed E-state index contributed by atoms with van der Waals surface area (Å²) >= 11 is 4.45. The van der Waals surface area contributed by atoms with Crippen LogP contribution in [-0.4, -0.2) is 22.1 Å². The Labute approximate surface area is 127 Å². The van der Waals surface area contributed by atoms with E-state index in [4.69, 9.17) is 5.11 Å². The number of carbonyl (C=O) groups excluding carboxylic acids is 1. The summed E-state index contributed by atoms with van der Waals surface area (Å²) in [5, 5.41) is 16.4. The minimum atomic E-state index is -1.07. The van der Waals surface area contributed by atoms with E-state index in [-0.39, 0.29) is 5.56 Å². The molecule has 0 radical (unpaired) electrons. The first-order valence-corrected chi connectivity index (χ1v) is 7.16. The van der Waals surface area contributed by atoms with Crippen LogP contribution >= 0.6 is 27.3 Å². The summed E-state index contributed by atoms with van der Waals surface area (Å²) in [6, 6.07) is 4.06. The van der Waals surface area contributed by atoms with Gasteiger partial charge in [-0.1, -0.05) is 0 Å². The third kappa shape index (κ3) is 3.55. The van der Waals surface area contributed by atoms with Gasteiger partial charge >= 0.3 is 12.0 Å². The first kappa shape index (κ1) is 14.5. The van der Waals surface area contributed by atoms with Gasteiger partial charge in [-0.15, -0.1) is 11.3 Å². The molecule has 8 heteroatoms. The summed E-state index contributed by atoms with van der Waals surface area (Å²) < 4.78 is 0.450. The van der Waals surface area contributed by atoms with E-state index in [1.165, 1.54) is 17.4 Å². The fourth-order valence-electron chi connectivity index (χ4n) is 1.44. The molecule has 2 aromatic rings. The molecule has 20 heavy (non-hydrogen) atoms. The third-order valence-electron chi connectivity index (χ3n) is 2.29. The van der Waals surface area contributed by atoms with Gasteiger partial charge in [0.2, 0.25) is 0 Å². The lowest BCUT2D eigenvalue weighted by Gasteiger charge is -2.07. The number of nitrogens with zero attached hydrogens (tertiary/aromatic N) is 1. The van der Waals surface area contributed by atoms with Crippen molar-refractivity contribution in [1.29, 1.82) is 0 Å². The Morgan fingerprint density at radius 2 is 2.10 bits per heavy atom. The molecule has 0 saturated heterocycles. The minimum absolute atomic E-state index is 0.0768. The van der Waals surface area contributed by atoms with Crippen molar-refractivity contribution in [3.63, 3.8) is 0 Å². The quantitative estimate of drug-likeness (QED) is 0.784. The van der Waals surface area contributed by atoms with Gasteiger partial charge in [0, 0.05) is 15.5 Å². The predicted molar refractivity (Wildman–Crippen MR) is 80.6 cm³/mol. The highest BCUT2D eigenvalue weighted by molar-refractivity contribution is 9.10. The van der Waals surface area contributed by atoms with Crippen molar-refractivity contribution in [2.75, 3.05) is 10.6 Å². The van der Waals surface area contributed by atoms with E-state index >= 15 is 0 Å². The molecule has 0 aliphatic carbocycles. The van der Waals surface area contributed by atoms with E-state index in [1.54, 1.807) is 12.1 Å². The van der Waals surface area contributed by atoms with Crippen LogP contribution in [0.15, 0.2) is 28.1 Å². The number of anilines is 2. The first-order chi connectivity index (χ1) is 9.45. The van der Waals surface area contributed by atoms with Crippen molar-refractivity contribution < 1.29 is 14.7 Å². The Morgan fingerprint density at radius 1 is 1.35 bits per heavy atom. The molecule has 0 atom stereocenters. The van der Waals surface area contributed by atoms with Gasteiger partial charge in [-0.25, -0.2) is 14.6 Å². The molecule has 3 N–H and O–H groups in total. The van der Waals surface area contributed by atoms with Crippen molar-refractivity contribution in [3.05, 3.63) is 39.3 Å². The van der Waals surface area contributed by atoms with Gasteiger partial charge in [0.05, 0.1) is 11.3 Å². The maximum atomic E-state index is 11.7. The number of urea groups is 1. The molecule has 0 aliphatic rings. The number of thiazole rings is 1. The van der Waals surface area contributed by atoms with Crippen LogP contribution in [0.5, 0.6) is 0 Å². The number of carboxylic acids is 1. The molecule has 2 amide bonds. The molecule has 1 heterocycles. The van der Waals surface area contributed by atoms with Gasteiger partial charge in [-0.2, -0.15) is 0 Å². The lowest BCUT2D eigenvalue weighted by molar-refractivity contribution is 0.0696. The number of halogens is 1. The summed E-state index contributed by atoms with van der Waals surface area (Å²) in [4.78, 5) is 26.8. The molecule has 6 nitrogen and oxygen atoms in total. The second kappa shape index (κ2) is 6.02. The van der Waals surface area contributed by atoms with Crippen molar-refractivity contribution >= 4 is 50.1 Å². The van der Waals surface area contributed by atoms with E-state index in [2.05, 4.69) is 31.5 Å². The van der Waals surface area contributed by atoms with Crippen LogP contribution < -0.4 is 10.6 Å². The Hall–Kier alpha value is -1.93. The van der Waals surface area contributed by atoms with Gasteiger partial charge in [0.25, 0.3) is 0 Å². The number of hydrogen-bond donors (Lipinski definition) is 3. The Balaban J connectivity index is 2.08. The molecule has 1 aromatic heterocycles. The molecular weight excluding hydrogens is 346 g/mol. The van der Waals surface area contributed by atoms with Gasteiger partial charge in [-0.3, -0.25) is 5.32 Å². The van der Waals surface area contributed by atoms with Gasteiger partial charge in [0.1, 0.15) is 0 Å². The van der Waals surface area contributed by atoms with Gasteiger partial charge in [-0.05, 0) is 41.1 Å². The van der Waals surface area contributed by atoms with Crippen molar-refractivity contribution in [2.24, 2.45) is 0 Å². The molecule has 104 valence electrons. The molecule has 0 fully saturated rings. The highest BCUT2D eigenvalue weighted by Gasteiger charge is 2.11. The molecule has 0 spiro atoms. The van der Waals surface area contributed by atoms with Crippen LogP contribution in [-0.2, 0) is 0 Å². The van der Waals surface area contributed by atoms with Gasteiger partial charge < -0.3 is 10.4 Å². The first-order valence-electron chi connectivity index (χ1n) is 5.48. The molecule has 2 rings (SSSR count). The highest BCUT2D eigenvalue weighted by Crippen LogP contribution is 2.21. The maximum absolute atomic E-state index is 11.7. The highest BCUT2D eigenvalue weighted by atomic mass is 79.9. The second-order valence-electron chi connectivity index (χ2n) is 3.87. The lowest BCUT2D eigenvalue weighted by atomic mass is 10.2.